The second-order valence-electron chi connectivity index (χ2n) is 6.03. The average molecular weight is 490 g/mol. The van der Waals surface area contributed by atoms with E-state index < -0.39 is 40.6 Å². The number of carboxylic acid groups (broad SMARTS) is 2. The number of amidine groups is 1. The number of aromatic carboxylic acids is 1. The molecular formula is C18H17F3N4O7S. The van der Waals surface area contributed by atoms with Crippen LogP contribution in [0.2, 0.25) is 0 Å². The molecule has 0 fully saturated rings. The van der Waals surface area contributed by atoms with Crippen LogP contribution in [0.4, 0.5) is 18.9 Å². The largest absolute Gasteiger partial charge is 0.542 e. The number of benzene rings is 2. The lowest BCUT2D eigenvalue weighted by molar-refractivity contribution is -0.344. The number of sulfonamides is 1. The Morgan fingerprint density at radius 1 is 1.06 bits per heavy atom. The minimum absolute atomic E-state index is 0.00387. The van der Waals surface area contributed by atoms with E-state index in [0.717, 1.165) is 0 Å². The third-order valence-electron chi connectivity index (χ3n) is 3.53. The van der Waals surface area contributed by atoms with Crippen molar-refractivity contribution in [1.82, 2.24) is 4.72 Å². The van der Waals surface area contributed by atoms with E-state index in [1.807, 2.05) is 0 Å². The van der Waals surface area contributed by atoms with E-state index in [1.165, 1.54) is 42.5 Å². The minimum Gasteiger partial charge on any atom is -0.542 e. The van der Waals surface area contributed by atoms with Crippen molar-refractivity contribution in [3.8, 4) is 0 Å². The number of rotatable bonds is 7. The van der Waals surface area contributed by atoms with E-state index >= 15 is 0 Å². The maximum atomic E-state index is 12.2. The van der Waals surface area contributed by atoms with Crippen molar-refractivity contribution in [3.63, 3.8) is 0 Å². The van der Waals surface area contributed by atoms with Crippen LogP contribution in [-0.2, 0) is 19.6 Å². The molecule has 0 atom stereocenters. The van der Waals surface area contributed by atoms with Crippen LogP contribution in [-0.4, -0.2) is 49.9 Å². The van der Waals surface area contributed by atoms with Gasteiger partial charge in [0.2, 0.25) is 15.9 Å². The molecule has 33 heavy (non-hydrogen) atoms. The number of hydrogen-bond acceptors (Lipinski definition) is 6. The van der Waals surface area contributed by atoms with E-state index in [4.69, 9.17) is 26.2 Å². The Morgan fingerprint density at radius 2 is 1.61 bits per heavy atom. The Labute approximate surface area is 184 Å². The van der Waals surface area contributed by atoms with Crippen LogP contribution in [0.3, 0.4) is 0 Å². The SMILES string of the molecule is NC(=[NH2+])c1cccc(S(=O)(=O)NCC(=O)Nc2cccc(C(=O)O)c2)c1.O=C([O-])C(F)(F)F. The molecule has 0 aliphatic carbocycles. The summed E-state index contributed by atoms with van der Waals surface area (Å²) >= 11 is 0. The van der Waals surface area contributed by atoms with Crippen molar-refractivity contribution in [1.29, 1.82) is 0 Å². The zero-order valence-corrected chi connectivity index (χ0v) is 17.2. The van der Waals surface area contributed by atoms with Crippen molar-refractivity contribution in [2.24, 2.45) is 5.73 Å². The second-order valence-corrected chi connectivity index (χ2v) is 7.79. The van der Waals surface area contributed by atoms with E-state index in [2.05, 4.69) is 10.0 Å². The van der Waals surface area contributed by atoms with Crippen LogP contribution >= 0.6 is 0 Å². The zero-order chi connectivity index (χ0) is 25.4. The standard InChI is InChI=1S/C16H16N4O5S.C2HF3O2/c17-15(18)10-3-2-6-13(8-10)26(24,25)19-9-14(21)20-12-5-1-4-11(7-12)16(22)23;3-2(4,5)1(6)7/h1-8,19H,9H2,(H3,17,18)(H,20,21)(H,22,23);(H,6,7). The number of anilines is 1. The number of hydrogen-bond donors (Lipinski definition) is 5. The van der Waals surface area contributed by atoms with E-state index in [9.17, 15) is 31.2 Å². The van der Waals surface area contributed by atoms with E-state index in [1.54, 1.807) is 6.07 Å². The predicted octanol–water partition coefficient (Wildman–Crippen LogP) is -1.94. The Balaban J connectivity index is 0.000000675. The van der Waals surface area contributed by atoms with Gasteiger partial charge in [-0.1, -0.05) is 12.1 Å². The average Bonchev–Trinajstić information content (AvgIpc) is 2.72. The second kappa shape index (κ2) is 11.1. The molecule has 7 N–H and O–H groups in total. The molecule has 0 unspecified atom stereocenters. The Kier molecular flexibility index (Phi) is 9.06. The monoisotopic (exact) mass is 490 g/mol. The Hall–Kier alpha value is -3.98. The highest BCUT2D eigenvalue weighted by molar-refractivity contribution is 7.89. The van der Waals surface area contributed by atoms with Gasteiger partial charge in [-0.25, -0.2) is 17.9 Å². The molecule has 0 radical (unpaired) electrons. The van der Waals surface area contributed by atoms with Gasteiger partial charge >= 0.3 is 12.1 Å². The fourth-order valence-electron chi connectivity index (χ4n) is 2.02. The van der Waals surface area contributed by atoms with Gasteiger partial charge in [0.1, 0.15) is 5.97 Å². The normalized spacial score (nSPS) is 11.0. The molecule has 0 bridgehead atoms. The summed E-state index contributed by atoms with van der Waals surface area (Å²) in [6.45, 7) is -0.536. The quantitative estimate of drug-likeness (QED) is 0.218. The highest BCUT2D eigenvalue weighted by Crippen LogP contribution is 2.13. The summed E-state index contributed by atoms with van der Waals surface area (Å²) in [7, 11) is -3.95. The number of carbonyl (C=O) groups excluding carboxylic acids is 2. The number of nitrogens with two attached hydrogens (primary N) is 2. The Morgan fingerprint density at radius 3 is 2.12 bits per heavy atom. The molecule has 15 heteroatoms. The number of nitrogens with one attached hydrogen (secondary N) is 2. The number of alkyl halides is 3. The fourth-order valence-corrected chi connectivity index (χ4v) is 3.05. The van der Waals surface area contributed by atoms with Gasteiger partial charge in [-0.15, -0.1) is 0 Å². The fraction of sp³-hybridized carbons (Fsp3) is 0.111. The summed E-state index contributed by atoms with van der Waals surface area (Å²) in [6.07, 6.45) is -5.19. The van der Waals surface area contributed by atoms with Gasteiger partial charge < -0.3 is 20.3 Å². The summed E-state index contributed by atoms with van der Waals surface area (Å²) in [5.41, 5.74) is 6.02. The van der Waals surface area contributed by atoms with Crippen LogP contribution in [0.1, 0.15) is 15.9 Å². The van der Waals surface area contributed by atoms with Crippen LogP contribution in [0.15, 0.2) is 53.4 Å². The molecule has 0 heterocycles. The number of amides is 1. The zero-order valence-electron chi connectivity index (χ0n) is 16.4. The number of aliphatic carboxylic acids is 1. The smallest absolute Gasteiger partial charge is 0.430 e. The Bertz CT molecular complexity index is 1170. The molecule has 178 valence electrons. The van der Waals surface area contributed by atoms with Gasteiger partial charge in [0.15, 0.2) is 0 Å². The van der Waals surface area contributed by atoms with Gasteiger partial charge in [-0.3, -0.25) is 15.9 Å². The molecule has 0 saturated heterocycles. The van der Waals surface area contributed by atoms with Gasteiger partial charge in [-0.2, -0.15) is 13.2 Å². The van der Waals surface area contributed by atoms with Gasteiger partial charge in [-0.05, 0) is 36.4 Å². The summed E-state index contributed by atoms with van der Waals surface area (Å²) < 4.78 is 58.2. The van der Waals surface area contributed by atoms with Crippen LogP contribution < -0.4 is 26.3 Å². The van der Waals surface area contributed by atoms with Gasteiger partial charge in [0, 0.05) is 5.69 Å². The van der Waals surface area contributed by atoms with Crippen molar-refractivity contribution < 1.29 is 51.6 Å². The molecule has 2 aromatic rings. The first kappa shape index (κ1) is 27.1. The molecule has 11 nitrogen and oxygen atoms in total. The molecular weight excluding hydrogens is 473 g/mol. The van der Waals surface area contributed by atoms with Crippen LogP contribution in [0, 0.1) is 0 Å². The number of carboxylic acids is 2. The molecule has 2 aromatic carbocycles. The van der Waals surface area contributed by atoms with E-state index in [0.29, 0.717) is 5.56 Å². The lowest BCUT2D eigenvalue weighted by atomic mass is 10.2. The third-order valence-corrected chi connectivity index (χ3v) is 4.92. The van der Waals surface area contributed by atoms with Crippen molar-refractivity contribution >= 4 is 39.4 Å². The first-order chi connectivity index (χ1) is 15.1. The van der Waals surface area contributed by atoms with Crippen molar-refractivity contribution in [3.05, 3.63) is 59.7 Å². The molecule has 0 saturated carbocycles. The molecule has 2 rings (SSSR count). The maximum Gasteiger partial charge on any atom is 0.430 e. The lowest BCUT2D eigenvalue weighted by Crippen LogP contribution is -2.46. The number of carbonyl (C=O) groups is 3. The predicted molar refractivity (Wildman–Crippen MR) is 105 cm³/mol. The van der Waals surface area contributed by atoms with Crippen molar-refractivity contribution in [2.45, 2.75) is 11.1 Å². The topological polar surface area (TPSA) is 204 Å². The molecule has 0 aliphatic heterocycles. The summed E-state index contributed by atoms with van der Waals surface area (Å²) in [6, 6.07) is 11.2. The summed E-state index contributed by atoms with van der Waals surface area (Å²) in [5.74, 6) is -4.83. The molecule has 0 aromatic heterocycles. The highest BCUT2D eigenvalue weighted by atomic mass is 32.2. The first-order valence-electron chi connectivity index (χ1n) is 8.53. The van der Waals surface area contributed by atoms with Gasteiger partial charge in [0.25, 0.3) is 5.84 Å². The summed E-state index contributed by atoms with van der Waals surface area (Å²) in [4.78, 5) is 31.5. The van der Waals surface area contributed by atoms with Crippen LogP contribution in [0.5, 0.6) is 0 Å². The van der Waals surface area contributed by atoms with Crippen molar-refractivity contribution in [2.75, 3.05) is 11.9 Å². The summed E-state index contributed by atoms with van der Waals surface area (Å²) in [5, 5.41) is 25.6. The third kappa shape index (κ3) is 8.96. The minimum atomic E-state index is -5.19. The maximum absolute atomic E-state index is 12.2. The van der Waals surface area contributed by atoms with Gasteiger partial charge in [0.05, 0.1) is 22.6 Å². The first-order valence-corrected chi connectivity index (χ1v) is 10.0. The van der Waals surface area contributed by atoms with Crippen LogP contribution in [0.25, 0.3) is 0 Å². The molecule has 1 amide bonds. The molecule has 0 spiro atoms. The van der Waals surface area contributed by atoms with E-state index in [-0.39, 0.29) is 22.0 Å². The molecule has 0 aliphatic rings. The lowest BCUT2D eigenvalue weighted by Gasteiger charge is -2.09. The highest BCUT2D eigenvalue weighted by Gasteiger charge is 2.28. The number of halogens is 3.